The van der Waals surface area contributed by atoms with Crippen molar-refractivity contribution in [3.05, 3.63) is 65.2 Å². The molecule has 0 aliphatic carbocycles. The van der Waals surface area contributed by atoms with Crippen LogP contribution < -0.4 is 5.32 Å². The van der Waals surface area contributed by atoms with Crippen molar-refractivity contribution >= 4 is 5.69 Å². The van der Waals surface area contributed by atoms with E-state index in [1.165, 1.54) is 24.0 Å². The predicted octanol–water partition coefficient (Wildman–Crippen LogP) is 5.21. The van der Waals surface area contributed by atoms with Gasteiger partial charge in [-0.2, -0.15) is 5.26 Å². The van der Waals surface area contributed by atoms with Gasteiger partial charge in [-0.25, -0.2) is 0 Å². The van der Waals surface area contributed by atoms with E-state index in [-0.39, 0.29) is 0 Å². The van der Waals surface area contributed by atoms with Crippen molar-refractivity contribution in [3.8, 4) is 6.07 Å². The molecule has 0 aliphatic rings. The minimum absolute atomic E-state index is 0.291. The number of nitriles is 1. The first-order valence-electron chi connectivity index (χ1n) is 7.57. The lowest BCUT2D eigenvalue weighted by Gasteiger charge is -2.22. The van der Waals surface area contributed by atoms with Gasteiger partial charge in [0.1, 0.15) is 0 Å². The molecule has 0 spiro atoms. The Hall–Kier alpha value is -2.27. The Bertz CT molecular complexity index is 611. The van der Waals surface area contributed by atoms with Crippen molar-refractivity contribution in [2.45, 2.75) is 39.2 Å². The maximum Gasteiger partial charge on any atom is 0.0992 e. The first-order valence-corrected chi connectivity index (χ1v) is 7.57. The van der Waals surface area contributed by atoms with Gasteiger partial charge in [0.2, 0.25) is 0 Å². The van der Waals surface area contributed by atoms with Crippen LogP contribution in [-0.4, -0.2) is 0 Å². The lowest BCUT2D eigenvalue weighted by Crippen LogP contribution is -2.11. The van der Waals surface area contributed by atoms with E-state index in [0.717, 1.165) is 12.1 Å². The Labute approximate surface area is 127 Å². The average Bonchev–Trinajstić information content (AvgIpc) is 2.54. The van der Waals surface area contributed by atoms with Crippen LogP contribution in [0.25, 0.3) is 0 Å². The van der Waals surface area contributed by atoms with E-state index in [0.29, 0.717) is 11.6 Å². The summed E-state index contributed by atoms with van der Waals surface area (Å²) < 4.78 is 0. The van der Waals surface area contributed by atoms with Crippen molar-refractivity contribution in [1.29, 1.82) is 5.26 Å². The zero-order chi connectivity index (χ0) is 15.1. The number of aryl methyl sites for hydroxylation is 1. The maximum absolute atomic E-state index is 9.07. The molecule has 2 heteroatoms. The molecule has 0 aliphatic heterocycles. The summed E-state index contributed by atoms with van der Waals surface area (Å²) in [5, 5.41) is 12.7. The minimum Gasteiger partial charge on any atom is -0.378 e. The molecule has 0 amide bonds. The van der Waals surface area contributed by atoms with Crippen LogP contribution in [0, 0.1) is 18.3 Å². The summed E-state index contributed by atoms with van der Waals surface area (Å²) in [6, 6.07) is 18.8. The predicted molar refractivity (Wildman–Crippen MR) is 88.2 cm³/mol. The number of anilines is 1. The molecule has 2 nitrogen and oxygen atoms in total. The molecule has 108 valence electrons. The normalized spacial score (nSPS) is 11.7. The monoisotopic (exact) mass is 278 g/mol. The van der Waals surface area contributed by atoms with Gasteiger partial charge in [-0.3, -0.25) is 0 Å². The molecule has 2 aromatic rings. The summed E-state index contributed by atoms with van der Waals surface area (Å²) in [4.78, 5) is 0. The standard InChI is InChI=1S/C19H22N2/c1-3-4-10-18(17-8-6-5-7-9-17)21-19-13-16(14-20)12-11-15(19)2/h5-9,11-13,18,21H,3-4,10H2,1-2H3. The quantitative estimate of drug-likeness (QED) is 0.787. The van der Waals surface area contributed by atoms with Crippen LogP contribution in [0.15, 0.2) is 48.5 Å². The molecule has 0 saturated carbocycles. The highest BCUT2D eigenvalue weighted by Crippen LogP contribution is 2.27. The van der Waals surface area contributed by atoms with E-state index >= 15 is 0 Å². The summed E-state index contributed by atoms with van der Waals surface area (Å²) in [6.45, 7) is 4.29. The molecule has 2 rings (SSSR count). The molecule has 0 saturated heterocycles. The lowest BCUT2D eigenvalue weighted by molar-refractivity contribution is 0.634. The van der Waals surface area contributed by atoms with E-state index in [9.17, 15) is 0 Å². The zero-order valence-electron chi connectivity index (χ0n) is 12.8. The fourth-order valence-corrected chi connectivity index (χ4v) is 2.45. The fourth-order valence-electron chi connectivity index (χ4n) is 2.45. The van der Waals surface area contributed by atoms with Crippen LogP contribution in [0.2, 0.25) is 0 Å². The highest BCUT2D eigenvalue weighted by molar-refractivity contribution is 5.56. The number of benzene rings is 2. The van der Waals surface area contributed by atoms with Crippen LogP contribution in [0.4, 0.5) is 5.69 Å². The zero-order valence-corrected chi connectivity index (χ0v) is 12.8. The van der Waals surface area contributed by atoms with E-state index < -0.39 is 0 Å². The van der Waals surface area contributed by atoms with Gasteiger partial charge in [-0.1, -0.05) is 56.2 Å². The second kappa shape index (κ2) is 7.50. The molecule has 21 heavy (non-hydrogen) atoms. The smallest absolute Gasteiger partial charge is 0.0992 e. The Balaban J connectivity index is 2.25. The molecule has 0 bridgehead atoms. The number of hydrogen-bond acceptors (Lipinski definition) is 2. The van der Waals surface area contributed by atoms with Gasteiger partial charge in [0.25, 0.3) is 0 Å². The third kappa shape index (κ3) is 4.10. The maximum atomic E-state index is 9.07. The Morgan fingerprint density at radius 2 is 1.90 bits per heavy atom. The molecule has 0 fully saturated rings. The van der Waals surface area contributed by atoms with Crippen LogP contribution in [0.1, 0.15) is 48.9 Å². The van der Waals surface area contributed by atoms with Gasteiger partial charge in [-0.15, -0.1) is 0 Å². The number of nitrogens with one attached hydrogen (secondary N) is 1. The topological polar surface area (TPSA) is 35.8 Å². The number of rotatable bonds is 6. The Morgan fingerprint density at radius 3 is 2.57 bits per heavy atom. The highest BCUT2D eigenvalue weighted by atomic mass is 14.9. The van der Waals surface area contributed by atoms with Crippen LogP contribution in [0.3, 0.4) is 0 Å². The number of hydrogen-bond donors (Lipinski definition) is 1. The summed E-state index contributed by atoms with van der Waals surface area (Å²) in [5.41, 5.74) is 4.23. The van der Waals surface area contributed by atoms with E-state index in [1.807, 2.05) is 24.3 Å². The second-order valence-corrected chi connectivity index (χ2v) is 5.39. The largest absolute Gasteiger partial charge is 0.378 e. The molecule has 2 aromatic carbocycles. The summed E-state index contributed by atoms with van der Waals surface area (Å²) in [6.07, 6.45) is 3.46. The molecule has 0 heterocycles. The van der Waals surface area contributed by atoms with Crippen molar-refractivity contribution in [1.82, 2.24) is 0 Å². The van der Waals surface area contributed by atoms with Gasteiger partial charge in [0.05, 0.1) is 17.7 Å². The highest BCUT2D eigenvalue weighted by Gasteiger charge is 2.12. The number of unbranched alkanes of at least 4 members (excludes halogenated alkanes) is 1. The van der Waals surface area contributed by atoms with E-state index in [1.54, 1.807) is 0 Å². The first-order chi connectivity index (χ1) is 10.2. The van der Waals surface area contributed by atoms with E-state index in [2.05, 4.69) is 49.5 Å². The van der Waals surface area contributed by atoms with Crippen molar-refractivity contribution in [2.24, 2.45) is 0 Å². The fraction of sp³-hybridized carbons (Fsp3) is 0.316. The third-order valence-corrected chi connectivity index (χ3v) is 3.74. The SMILES string of the molecule is CCCCC(Nc1cc(C#N)ccc1C)c1ccccc1. The Morgan fingerprint density at radius 1 is 1.14 bits per heavy atom. The second-order valence-electron chi connectivity index (χ2n) is 5.39. The van der Waals surface area contributed by atoms with Gasteiger partial charge < -0.3 is 5.32 Å². The van der Waals surface area contributed by atoms with Crippen LogP contribution >= 0.6 is 0 Å². The van der Waals surface area contributed by atoms with Gasteiger partial charge >= 0.3 is 0 Å². The molecule has 1 atom stereocenters. The van der Waals surface area contributed by atoms with Gasteiger partial charge in [0.15, 0.2) is 0 Å². The first kappa shape index (κ1) is 15.1. The molecule has 1 N–H and O–H groups in total. The summed E-state index contributed by atoms with van der Waals surface area (Å²) in [7, 11) is 0. The van der Waals surface area contributed by atoms with E-state index in [4.69, 9.17) is 5.26 Å². The Kier molecular flexibility index (Phi) is 5.40. The van der Waals surface area contributed by atoms with Crippen LogP contribution in [-0.2, 0) is 0 Å². The van der Waals surface area contributed by atoms with Crippen molar-refractivity contribution < 1.29 is 0 Å². The lowest BCUT2D eigenvalue weighted by atomic mass is 10.00. The summed E-state index contributed by atoms with van der Waals surface area (Å²) >= 11 is 0. The molecule has 0 aromatic heterocycles. The minimum atomic E-state index is 0.291. The van der Waals surface area contributed by atoms with Crippen molar-refractivity contribution in [3.63, 3.8) is 0 Å². The number of nitrogens with zero attached hydrogens (tertiary/aromatic N) is 1. The molecular weight excluding hydrogens is 256 g/mol. The van der Waals surface area contributed by atoms with Crippen molar-refractivity contribution in [2.75, 3.05) is 5.32 Å². The van der Waals surface area contributed by atoms with Gasteiger partial charge in [0, 0.05) is 5.69 Å². The summed E-state index contributed by atoms with van der Waals surface area (Å²) in [5.74, 6) is 0. The molecule has 1 unspecified atom stereocenters. The third-order valence-electron chi connectivity index (χ3n) is 3.74. The average molecular weight is 278 g/mol. The molecular formula is C19H22N2. The molecule has 0 radical (unpaired) electrons. The van der Waals surface area contributed by atoms with Gasteiger partial charge in [-0.05, 0) is 36.6 Å². The van der Waals surface area contributed by atoms with Crippen LogP contribution in [0.5, 0.6) is 0 Å².